The first-order chi connectivity index (χ1) is 10.3. The predicted molar refractivity (Wildman–Crippen MR) is 79.7 cm³/mol. The van der Waals surface area contributed by atoms with Gasteiger partial charge in [0.25, 0.3) is 0 Å². The van der Waals surface area contributed by atoms with Gasteiger partial charge < -0.3 is 9.47 Å². The number of ether oxygens (including phenoxy) is 2. The van der Waals surface area contributed by atoms with E-state index < -0.39 is 0 Å². The summed E-state index contributed by atoms with van der Waals surface area (Å²) in [6, 6.07) is 11.7. The number of hydrazine groups is 1. The molecule has 0 amide bonds. The SMILES string of the molecule is COc1cccnc1C(NN)C1OCCc2ccccc21. The number of fused-ring (bicyclic) bond motifs is 1. The van der Waals surface area contributed by atoms with E-state index in [9.17, 15) is 0 Å². The Morgan fingerprint density at radius 1 is 1.33 bits per heavy atom. The van der Waals surface area contributed by atoms with Crippen molar-refractivity contribution in [2.75, 3.05) is 13.7 Å². The number of pyridine rings is 1. The van der Waals surface area contributed by atoms with Gasteiger partial charge in [-0.25, -0.2) is 5.43 Å². The third-order valence-corrected chi connectivity index (χ3v) is 3.83. The van der Waals surface area contributed by atoms with E-state index in [-0.39, 0.29) is 12.1 Å². The second kappa shape index (κ2) is 6.22. The number of hydrogen-bond donors (Lipinski definition) is 2. The fourth-order valence-electron chi connectivity index (χ4n) is 2.82. The predicted octanol–water partition coefficient (Wildman–Crippen LogP) is 1.91. The summed E-state index contributed by atoms with van der Waals surface area (Å²) in [4.78, 5) is 4.42. The van der Waals surface area contributed by atoms with Gasteiger partial charge in [0.05, 0.1) is 19.8 Å². The quantitative estimate of drug-likeness (QED) is 0.663. The lowest BCUT2D eigenvalue weighted by Gasteiger charge is -2.32. The highest BCUT2D eigenvalue weighted by molar-refractivity contribution is 5.36. The summed E-state index contributed by atoms with van der Waals surface area (Å²) in [6.07, 6.45) is 2.48. The Bertz CT molecular complexity index is 618. The Morgan fingerprint density at radius 3 is 3.00 bits per heavy atom. The van der Waals surface area contributed by atoms with Crippen molar-refractivity contribution in [3.63, 3.8) is 0 Å². The van der Waals surface area contributed by atoms with Crippen molar-refractivity contribution < 1.29 is 9.47 Å². The normalized spacial score (nSPS) is 18.9. The van der Waals surface area contributed by atoms with Crippen molar-refractivity contribution in [3.05, 3.63) is 59.4 Å². The molecule has 1 aromatic carbocycles. The van der Waals surface area contributed by atoms with Crippen molar-refractivity contribution in [2.45, 2.75) is 18.6 Å². The number of nitrogens with zero attached hydrogens (tertiary/aromatic N) is 1. The van der Waals surface area contributed by atoms with Gasteiger partial charge in [0.15, 0.2) is 0 Å². The Hall–Kier alpha value is -1.95. The van der Waals surface area contributed by atoms with E-state index >= 15 is 0 Å². The van der Waals surface area contributed by atoms with Gasteiger partial charge in [-0.1, -0.05) is 24.3 Å². The molecule has 21 heavy (non-hydrogen) atoms. The number of nitrogens with two attached hydrogens (primary N) is 1. The smallest absolute Gasteiger partial charge is 0.142 e. The third-order valence-electron chi connectivity index (χ3n) is 3.83. The van der Waals surface area contributed by atoms with Gasteiger partial charge in [-0.05, 0) is 29.7 Å². The molecule has 2 heterocycles. The largest absolute Gasteiger partial charge is 0.495 e. The lowest BCUT2D eigenvalue weighted by atomic mass is 9.91. The molecule has 0 radical (unpaired) electrons. The maximum Gasteiger partial charge on any atom is 0.142 e. The fraction of sp³-hybridized carbons (Fsp3) is 0.312. The van der Waals surface area contributed by atoms with E-state index in [1.54, 1.807) is 13.3 Å². The molecule has 0 spiro atoms. The molecular weight excluding hydrogens is 266 g/mol. The molecule has 0 bridgehead atoms. The highest BCUT2D eigenvalue weighted by atomic mass is 16.5. The van der Waals surface area contributed by atoms with E-state index in [2.05, 4.69) is 22.5 Å². The Kier molecular flexibility index (Phi) is 4.15. The van der Waals surface area contributed by atoms with Gasteiger partial charge in [0, 0.05) is 6.20 Å². The highest BCUT2D eigenvalue weighted by Gasteiger charge is 2.31. The first-order valence-corrected chi connectivity index (χ1v) is 6.99. The van der Waals surface area contributed by atoms with Crippen LogP contribution in [-0.2, 0) is 11.2 Å². The van der Waals surface area contributed by atoms with E-state index in [0.29, 0.717) is 12.4 Å². The van der Waals surface area contributed by atoms with E-state index in [4.69, 9.17) is 15.3 Å². The van der Waals surface area contributed by atoms with Gasteiger partial charge in [-0.15, -0.1) is 0 Å². The molecule has 0 fully saturated rings. The van der Waals surface area contributed by atoms with Crippen LogP contribution in [0.2, 0.25) is 0 Å². The maximum absolute atomic E-state index is 5.97. The van der Waals surface area contributed by atoms with Crippen LogP contribution in [0.1, 0.15) is 29.0 Å². The number of benzene rings is 1. The van der Waals surface area contributed by atoms with Gasteiger partial charge in [-0.2, -0.15) is 0 Å². The van der Waals surface area contributed by atoms with Gasteiger partial charge in [-0.3, -0.25) is 10.8 Å². The van der Waals surface area contributed by atoms with E-state index in [1.807, 2.05) is 24.3 Å². The molecule has 1 aliphatic rings. The molecule has 3 N–H and O–H groups in total. The van der Waals surface area contributed by atoms with Crippen LogP contribution in [-0.4, -0.2) is 18.7 Å². The summed E-state index contributed by atoms with van der Waals surface area (Å²) in [7, 11) is 1.63. The Balaban J connectivity index is 2.01. The molecular formula is C16H19N3O2. The number of methoxy groups -OCH3 is 1. The first kappa shape index (κ1) is 14.0. The zero-order valence-electron chi connectivity index (χ0n) is 12.0. The zero-order chi connectivity index (χ0) is 14.7. The number of hydrogen-bond acceptors (Lipinski definition) is 5. The average Bonchev–Trinajstić information content (AvgIpc) is 2.56. The van der Waals surface area contributed by atoms with Gasteiger partial charge in [0.2, 0.25) is 0 Å². The third kappa shape index (κ3) is 2.63. The molecule has 2 aromatic rings. The molecule has 5 nitrogen and oxygen atoms in total. The van der Waals surface area contributed by atoms with Gasteiger partial charge in [0.1, 0.15) is 17.5 Å². The van der Waals surface area contributed by atoms with Crippen LogP contribution in [0.15, 0.2) is 42.6 Å². The minimum atomic E-state index is -0.261. The molecule has 1 aliphatic heterocycles. The molecule has 110 valence electrons. The van der Waals surface area contributed by atoms with E-state index in [1.165, 1.54) is 5.56 Å². The number of rotatable bonds is 4. The standard InChI is InChI=1S/C16H19N3O2/c1-20-13-7-4-9-18-14(13)15(19-17)16-12-6-3-2-5-11(12)8-10-21-16/h2-7,9,15-16,19H,8,10,17H2,1H3. The molecule has 0 aliphatic carbocycles. The Labute approximate surface area is 124 Å². The number of nitrogens with one attached hydrogen (secondary N) is 1. The fourth-order valence-corrected chi connectivity index (χ4v) is 2.82. The molecule has 3 rings (SSSR count). The topological polar surface area (TPSA) is 69.4 Å². The van der Waals surface area contributed by atoms with Crippen molar-refractivity contribution >= 4 is 0 Å². The zero-order valence-corrected chi connectivity index (χ0v) is 12.0. The van der Waals surface area contributed by atoms with Crippen molar-refractivity contribution in [2.24, 2.45) is 5.84 Å². The molecule has 0 saturated carbocycles. The minimum Gasteiger partial charge on any atom is -0.495 e. The second-order valence-corrected chi connectivity index (χ2v) is 4.98. The van der Waals surface area contributed by atoms with Crippen molar-refractivity contribution in [3.8, 4) is 5.75 Å². The van der Waals surface area contributed by atoms with Gasteiger partial charge >= 0.3 is 0 Å². The van der Waals surface area contributed by atoms with E-state index in [0.717, 1.165) is 17.7 Å². The van der Waals surface area contributed by atoms with Crippen molar-refractivity contribution in [1.82, 2.24) is 10.4 Å². The average molecular weight is 285 g/mol. The molecule has 5 heteroatoms. The van der Waals surface area contributed by atoms with Crippen LogP contribution >= 0.6 is 0 Å². The van der Waals surface area contributed by atoms with Crippen LogP contribution < -0.4 is 16.0 Å². The summed E-state index contributed by atoms with van der Waals surface area (Å²) in [5, 5.41) is 0. The molecule has 2 atom stereocenters. The second-order valence-electron chi connectivity index (χ2n) is 4.98. The summed E-state index contributed by atoms with van der Waals surface area (Å²) in [5.74, 6) is 6.49. The first-order valence-electron chi connectivity index (χ1n) is 6.99. The monoisotopic (exact) mass is 285 g/mol. The summed E-state index contributed by atoms with van der Waals surface area (Å²) in [6.45, 7) is 0.676. The summed E-state index contributed by atoms with van der Waals surface area (Å²) >= 11 is 0. The van der Waals surface area contributed by atoms with Crippen molar-refractivity contribution in [1.29, 1.82) is 0 Å². The lowest BCUT2D eigenvalue weighted by molar-refractivity contribution is 0.0131. The summed E-state index contributed by atoms with van der Waals surface area (Å²) in [5.41, 5.74) is 6.04. The highest BCUT2D eigenvalue weighted by Crippen LogP contribution is 2.38. The lowest BCUT2D eigenvalue weighted by Crippen LogP contribution is -2.36. The number of aromatic nitrogens is 1. The Morgan fingerprint density at radius 2 is 2.19 bits per heavy atom. The van der Waals surface area contributed by atoms with Crippen LogP contribution in [0.25, 0.3) is 0 Å². The van der Waals surface area contributed by atoms with Crippen LogP contribution in [0.5, 0.6) is 5.75 Å². The maximum atomic E-state index is 5.97. The molecule has 2 unspecified atom stereocenters. The molecule has 0 saturated heterocycles. The van der Waals surface area contributed by atoms with Crippen LogP contribution in [0.3, 0.4) is 0 Å². The minimum absolute atomic E-state index is 0.177. The van der Waals surface area contributed by atoms with Crippen LogP contribution in [0.4, 0.5) is 0 Å². The van der Waals surface area contributed by atoms with Crippen LogP contribution in [0, 0.1) is 0 Å². The molecule has 1 aromatic heterocycles. The summed E-state index contributed by atoms with van der Waals surface area (Å²) < 4.78 is 11.4.